The van der Waals surface area contributed by atoms with Gasteiger partial charge in [-0.15, -0.1) is 0 Å². The van der Waals surface area contributed by atoms with Gasteiger partial charge in [-0.1, -0.05) is 6.92 Å². The van der Waals surface area contributed by atoms with Crippen LogP contribution >= 0.6 is 0 Å². The van der Waals surface area contributed by atoms with Crippen LogP contribution in [0.1, 0.15) is 38.9 Å². The van der Waals surface area contributed by atoms with Gasteiger partial charge in [0.1, 0.15) is 18.2 Å². The monoisotopic (exact) mass is 266 g/mol. The minimum absolute atomic E-state index is 0.110. The SMILES string of the molecule is CCCn1ncnc1CN1CCCC1C(=O)OCC. The van der Waals surface area contributed by atoms with Crippen LogP contribution < -0.4 is 0 Å². The molecule has 1 saturated heterocycles. The van der Waals surface area contributed by atoms with E-state index in [0.29, 0.717) is 13.2 Å². The summed E-state index contributed by atoms with van der Waals surface area (Å²) in [5, 5.41) is 4.22. The fourth-order valence-corrected chi connectivity index (χ4v) is 2.51. The van der Waals surface area contributed by atoms with Gasteiger partial charge in [-0.05, 0) is 32.7 Å². The van der Waals surface area contributed by atoms with Crippen LogP contribution in [0.2, 0.25) is 0 Å². The molecule has 1 aliphatic heterocycles. The van der Waals surface area contributed by atoms with Crippen LogP contribution in [0.4, 0.5) is 0 Å². The van der Waals surface area contributed by atoms with Crippen LogP contribution in [-0.4, -0.2) is 44.8 Å². The Kier molecular flexibility index (Phi) is 4.90. The number of likely N-dealkylation sites (tertiary alicyclic amines) is 1. The van der Waals surface area contributed by atoms with Crippen LogP contribution in [0, 0.1) is 0 Å². The minimum atomic E-state index is -0.119. The van der Waals surface area contributed by atoms with Gasteiger partial charge in [0, 0.05) is 6.54 Å². The summed E-state index contributed by atoms with van der Waals surface area (Å²) in [6, 6.07) is -0.119. The van der Waals surface area contributed by atoms with Crippen LogP contribution in [0.25, 0.3) is 0 Å². The summed E-state index contributed by atoms with van der Waals surface area (Å²) in [6.07, 6.45) is 4.52. The number of carbonyl (C=O) groups excluding carboxylic acids is 1. The minimum Gasteiger partial charge on any atom is -0.465 e. The number of hydrogen-bond acceptors (Lipinski definition) is 5. The molecule has 1 aliphatic rings. The van der Waals surface area contributed by atoms with Crippen molar-refractivity contribution in [3.63, 3.8) is 0 Å². The Bertz CT molecular complexity index is 419. The van der Waals surface area contributed by atoms with Gasteiger partial charge in [0.2, 0.25) is 0 Å². The third kappa shape index (κ3) is 3.32. The van der Waals surface area contributed by atoms with Crippen molar-refractivity contribution < 1.29 is 9.53 Å². The molecule has 2 heterocycles. The van der Waals surface area contributed by atoms with Crippen molar-refractivity contribution in [1.82, 2.24) is 19.7 Å². The van der Waals surface area contributed by atoms with E-state index >= 15 is 0 Å². The Balaban J connectivity index is 2.00. The Morgan fingerprint density at radius 3 is 3.11 bits per heavy atom. The molecule has 19 heavy (non-hydrogen) atoms. The van der Waals surface area contributed by atoms with Crippen molar-refractivity contribution in [2.75, 3.05) is 13.2 Å². The number of esters is 1. The first-order chi connectivity index (χ1) is 9.26. The van der Waals surface area contributed by atoms with E-state index < -0.39 is 0 Å². The predicted octanol–water partition coefficient (Wildman–Crippen LogP) is 1.22. The lowest BCUT2D eigenvalue weighted by Gasteiger charge is -2.22. The predicted molar refractivity (Wildman–Crippen MR) is 70.4 cm³/mol. The number of hydrogen-bond donors (Lipinski definition) is 0. The van der Waals surface area contributed by atoms with E-state index in [2.05, 4.69) is 21.9 Å². The first-order valence-electron chi connectivity index (χ1n) is 7.03. The summed E-state index contributed by atoms with van der Waals surface area (Å²) < 4.78 is 7.05. The molecule has 0 N–H and O–H groups in total. The number of aromatic nitrogens is 3. The maximum atomic E-state index is 11.9. The number of carbonyl (C=O) groups is 1. The summed E-state index contributed by atoms with van der Waals surface area (Å²) in [4.78, 5) is 18.3. The first-order valence-corrected chi connectivity index (χ1v) is 7.03. The van der Waals surface area contributed by atoms with E-state index in [4.69, 9.17) is 4.74 Å². The molecule has 6 heteroatoms. The van der Waals surface area contributed by atoms with Crippen molar-refractivity contribution in [2.45, 2.75) is 52.2 Å². The Morgan fingerprint density at radius 2 is 2.37 bits per heavy atom. The molecule has 1 unspecified atom stereocenters. The van der Waals surface area contributed by atoms with E-state index in [1.807, 2.05) is 11.6 Å². The Hall–Kier alpha value is -1.43. The van der Waals surface area contributed by atoms with E-state index in [0.717, 1.165) is 38.2 Å². The quantitative estimate of drug-likeness (QED) is 0.724. The van der Waals surface area contributed by atoms with Crippen molar-refractivity contribution in [1.29, 1.82) is 0 Å². The smallest absolute Gasteiger partial charge is 0.323 e. The third-order valence-corrected chi connectivity index (χ3v) is 3.40. The number of aryl methyl sites for hydroxylation is 1. The van der Waals surface area contributed by atoms with Gasteiger partial charge < -0.3 is 4.74 Å². The molecular weight excluding hydrogens is 244 g/mol. The van der Waals surface area contributed by atoms with Gasteiger partial charge in [0.05, 0.1) is 13.2 Å². The van der Waals surface area contributed by atoms with E-state index in [1.54, 1.807) is 6.33 Å². The molecule has 0 spiro atoms. The number of rotatable bonds is 6. The summed E-state index contributed by atoms with van der Waals surface area (Å²) >= 11 is 0. The first kappa shape index (κ1) is 14.0. The molecule has 0 aromatic carbocycles. The number of ether oxygens (including phenoxy) is 1. The summed E-state index contributed by atoms with van der Waals surface area (Å²) in [6.45, 7) is 6.85. The second-order valence-electron chi connectivity index (χ2n) is 4.78. The molecule has 2 rings (SSSR count). The van der Waals surface area contributed by atoms with Gasteiger partial charge in [0.25, 0.3) is 0 Å². The normalized spacial score (nSPS) is 19.8. The molecule has 0 aliphatic carbocycles. The lowest BCUT2D eigenvalue weighted by Crippen LogP contribution is -2.37. The van der Waals surface area contributed by atoms with E-state index in [1.165, 1.54) is 0 Å². The second kappa shape index (κ2) is 6.65. The molecule has 0 bridgehead atoms. The van der Waals surface area contributed by atoms with Crippen LogP contribution in [0.15, 0.2) is 6.33 Å². The number of nitrogens with zero attached hydrogens (tertiary/aromatic N) is 4. The van der Waals surface area contributed by atoms with Gasteiger partial charge >= 0.3 is 5.97 Å². The topological polar surface area (TPSA) is 60.2 Å². The maximum absolute atomic E-state index is 11.9. The van der Waals surface area contributed by atoms with E-state index in [9.17, 15) is 4.79 Å². The highest BCUT2D eigenvalue weighted by molar-refractivity contribution is 5.76. The molecule has 0 radical (unpaired) electrons. The van der Waals surface area contributed by atoms with Gasteiger partial charge in [-0.25, -0.2) is 9.67 Å². The average molecular weight is 266 g/mol. The third-order valence-electron chi connectivity index (χ3n) is 3.40. The van der Waals surface area contributed by atoms with Crippen LogP contribution in [0.5, 0.6) is 0 Å². The van der Waals surface area contributed by atoms with Crippen molar-refractivity contribution >= 4 is 5.97 Å². The van der Waals surface area contributed by atoms with Crippen molar-refractivity contribution in [3.8, 4) is 0 Å². The van der Waals surface area contributed by atoms with Crippen molar-refractivity contribution in [3.05, 3.63) is 12.2 Å². The maximum Gasteiger partial charge on any atom is 0.323 e. The zero-order valence-electron chi connectivity index (χ0n) is 11.7. The molecule has 106 valence electrons. The highest BCUT2D eigenvalue weighted by atomic mass is 16.5. The fourth-order valence-electron chi connectivity index (χ4n) is 2.51. The highest BCUT2D eigenvalue weighted by Crippen LogP contribution is 2.20. The Morgan fingerprint density at radius 1 is 1.53 bits per heavy atom. The zero-order chi connectivity index (χ0) is 13.7. The standard InChI is InChI=1S/C13H22N4O2/c1-3-7-17-12(14-10-15-17)9-16-8-5-6-11(16)13(18)19-4-2/h10-11H,3-9H2,1-2H3. The van der Waals surface area contributed by atoms with Crippen molar-refractivity contribution in [2.24, 2.45) is 0 Å². The van der Waals surface area contributed by atoms with Crippen LogP contribution in [-0.2, 0) is 22.6 Å². The van der Waals surface area contributed by atoms with Gasteiger partial charge in [0.15, 0.2) is 0 Å². The molecule has 1 aromatic heterocycles. The fraction of sp³-hybridized carbons (Fsp3) is 0.769. The molecule has 1 aromatic rings. The molecule has 1 atom stereocenters. The molecule has 0 saturated carbocycles. The lowest BCUT2D eigenvalue weighted by molar-refractivity contribution is -0.148. The average Bonchev–Trinajstić information content (AvgIpc) is 3.01. The summed E-state index contributed by atoms with van der Waals surface area (Å²) in [7, 11) is 0. The summed E-state index contributed by atoms with van der Waals surface area (Å²) in [5.74, 6) is 0.819. The zero-order valence-corrected chi connectivity index (χ0v) is 11.7. The highest BCUT2D eigenvalue weighted by Gasteiger charge is 2.32. The lowest BCUT2D eigenvalue weighted by atomic mass is 10.2. The molecule has 1 fully saturated rings. The van der Waals surface area contributed by atoms with Gasteiger partial charge in [-0.3, -0.25) is 9.69 Å². The molecular formula is C13H22N4O2. The second-order valence-corrected chi connectivity index (χ2v) is 4.78. The Labute approximate surface area is 113 Å². The molecule has 6 nitrogen and oxygen atoms in total. The van der Waals surface area contributed by atoms with Gasteiger partial charge in [-0.2, -0.15) is 5.10 Å². The largest absolute Gasteiger partial charge is 0.465 e. The summed E-state index contributed by atoms with van der Waals surface area (Å²) in [5.41, 5.74) is 0. The van der Waals surface area contributed by atoms with Crippen LogP contribution in [0.3, 0.4) is 0 Å². The molecule has 0 amide bonds. The van der Waals surface area contributed by atoms with E-state index in [-0.39, 0.29) is 12.0 Å².